The summed E-state index contributed by atoms with van der Waals surface area (Å²) in [7, 11) is 0. The molecule has 1 unspecified atom stereocenters. The molecule has 12 heavy (non-hydrogen) atoms. The van der Waals surface area contributed by atoms with Gasteiger partial charge in [-0.15, -0.1) is 0 Å². The van der Waals surface area contributed by atoms with E-state index in [0.717, 1.165) is 11.1 Å². The molecule has 0 radical (unpaired) electrons. The molecule has 0 spiro atoms. The highest BCUT2D eigenvalue weighted by Crippen LogP contribution is 2.19. The van der Waals surface area contributed by atoms with E-state index in [1.807, 2.05) is 50.3 Å². The summed E-state index contributed by atoms with van der Waals surface area (Å²) < 4.78 is 0. The van der Waals surface area contributed by atoms with Gasteiger partial charge in [0.2, 0.25) is 0 Å². The Morgan fingerprint density at radius 3 is 2.42 bits per heavy atom. The monoisotopic (exact) mass is 162 g/mol. The number of hydrogen-bond donors (Lipinski definition) is 1. The van der Waals surface area contributed by atoms with E-state index in [-0.39, 0.29) is 0 Å². The van der Waals surface area contributed by atoms with Gasteiger partial charge in [-0.1, -0.05) is 36.4 Å². The van der Waals surface area contributed by atoms with Crippen molar-refractivity contribution in [1.82, 2.24) is 0 Å². The van der Waals surface area contributed by atoms with E-state index >= 15 is 0 Å². The first kappa shape index (κ1) is 9.01. The molecule has 0 aliphatic rings. The van der Waals surface area contributed by atoms with E-state index in [1.165, 1.54) is 0 Å². The van der Waals surface area contributed by atoms with Gasteiger partial charge in [-0.25, -0.2) is 0 Å². The van der Waals surface area contributed by atoms with Crippen LogP contribution >= 0.6 is 0 Å². The molecule has 0 amide bonds. The summed E-state index contributed by atoms with van der Waals surface area (Å²) in [5, 5.41) is 9.72. The van der Waals surface area contributed by atoms with Gasteiger partial charge in [0.05, 0.1) is 6.10 Å². The second kappa shape index (κ2) is 4.07. The van der Waals surface area contributed by atoms with Crippen LogP contribution in [0.15, 0.2) is 42.0 Å². The Morgan fingerprint density at radius 1 is 1.33 bits per heavy atom. The van der Waals surface area contributed by atoms with E-state index < -0.39 is 6.10 Å². The molecule has 0 saturated carbocycles. The lowest BCUT2D eigenvalue weighted by Gasteiger charge is -2.10. The first-order valence-corrected chi connectivity index (χ1v) is 4.11. The van der Waals surface area contributed by atoms with E-state index in [1.54, 1.807) is 0 Å². The molecule has 1 nitrogen and oxygen atoms in total. The third-order valence-electron chi connectivity index (χ3n) is 2.00. The number of benzene rings is 1. The van der Waals surface area contributed by atoms with Gasteiger partial charge in [-0.05, 0) is 25.0 Å². The van der Waals surface area contributed by atoms with E-state index in [0.29, 0.717) is 0 Å². The minimum absolute atomic E-state index is 0.448. The molecule has 1 aromatic carbocycles. The van der Waals surface area contributed by atoms with Crippen LogP contribution in [0.1, 0.15) is 25.5 Å². The second-order valence-corrected chi connectivity index (χ2v) is 2.85. The normalized spacial score (nSPS) is 14.4. The van der Waals surface area contributed by atoms with Crippen LogP contribution in [0.25, 0.3) is 0 Å². The maximum absolute atomic E-state index is 9.72. The molecule has 0 fully saturated rings. The maximum atomic E-state index is 9.72. The molecule has 1 rings (SSSR count). The smallest absolute Gasteiger partial charge is 0.0998 e. The molecule has 0 aliphatic heterocycles. The molecular weight excluding hydrogens is 148 g/mol. The fourth-order valence-electron chi connectivity index (χ4n) is 1.06. The lowest BCUT2D eigenvalue weighted by atomic mass is 10.0. The highest BCUT2D eigenvalue weighted by atomic mass is 16.3. The van der Waals surface area contributed by atoms with Crippen molar-refractivity contribution in [3.05, 3.63) is 47.5 Å². The van der Waals surface area contributed by atoms with Crippen LogP contribution in [0.5, 0.6) is 0 Å². The standard InChI is InChI=1S/C11H14O/c1-3-9(2)11(12)10-7-5-4-6-8-10/h3-8,11-12H,1-2H3/b9-3-. The van der Waals surface area contributed by atoms with Crippen LogP contribution in [0.4, 0.5) is 0 Å². The summed E-state index contributed by atoms with van der Waals surface area (Å²) >= 11 is 0. The van der Waals surface area contributed by atoms with Crippen molar-refractivity contribution in [3.63, 3.8) is 0 Å². The largest absolute Gasteiger partial charge is 0.384 e. The molecule has 0 heterocycles. The average Bonchev–Trinajstić information content (AvgIpc) is 2.17. The van der Waals surface area contributed by atoms with Crippen molar-refractivity contribution in [2.45, 2.75) is 20.0 Å². The van der Waals surface area contributed by atoms with Crippen LogP contribution < -0.4 is 0 Å². The fraction of sp³-hybridized carbons (Fsp3) is 0.273. The summed E-state index contributed by atoms with van der Waals surface area (Å²) in [6.45, 7) is 3.86. The fourth-order valence-corrected chi connectivity index (χ4v) is 1.06. The molecular formula is C11H14O. The highest BCUT2D eigenvalue weighted by Gasteiger charge is 2.06. The number of allylic oxidation sites excluding steroid dienone is 1. The molecule has 1 N–H and O–H groups in total. The van der Waals surface area contributed by atoms with E-state index in [9.17, 15) is 5.11 Å². The predicted octanol–water partition coefficient (Wildman–Crippen LogP) is 2.69. The predicted molar refractivity (Wildman–Crippen MR) is 50.8 cm³/mol. The Kier molecular flexibility index (Phi) is 3.06. The van der Waals surface area contributed by atoms with Gasteiger partial charge in [0.15, 0.2) is 0 Å². The van der Waals surface area contributed by atoms with Crippen LogP contribution in [-0.2, 0) is 0 Å². The van der Waals surface area contributed by atoms with Crippen molar-refractivity contribution < 1.29 is 5.11 Å². The summed E-state index contributed by atoms with van der Waals surface area (Å²) in [6, 6.07) is 9.67. The summed E-state index contributed by atoms with van der Waals surface area (Å²) in [4.78, 5) is 0. The van der Waals surface area contributed by atoms with Crippen molar-refractivity contribution in [1.29, 1.82) is 0 Å². The zero-order valence-electron chi connectivity index (χ0n) is 7.49. The minimum Gasteiger partial charge on any atom is -0.384 e. The Labute approximate surface area is 73.4 Å². The second-order valence-electron chi connectivity index (χ2n) is 2.85. The number of aliphatic hydroxyl groups is 1. The molecule has 1 atom stereocenters. The van der Waals surface area contributed by atoms with Gasteiger partial charge in [0.25, 0.3) is 0 Å². The van der Waals surface area contributed by atoms with Gasteiger partial charge >= 0.3 is 0 Å². The zero-order chi connectivity index (χ0) is 8.97. The molecule has 64 valence electrons. The van der Waals surface area contributed by atoms with E-state index in [2.05, 4.69) is 0 Å². The van der Waals surface area contributed by atoms with Gasteiger partial charge in [-0.2, -0.15) is 0 Å². The molecule has 0 aromatic heterocycles. The summed E-state index contributed by atoms with van der Waals surface area (Å²) in [5.41, 5.74) is 1.94. The van der Waals surface area contributed by atoms with Crippen molar-refractivity contribution in [3.8, 4) is 0 Å². The first-order valence-electron chi connectivity index (χ1n) is 4.11. The van der Waals surface area contributed by atoms with Crippen molar-refractivity contribution >= 4 is 0 Å². The lowest BCUT2D eigenvalue weighted by molar-refractivity contribution is 0.215. The van der Waals surface area contributed by atoms with Gasteiger partial charge in [0, 0.05) is 0 Å². The Morgan fingerprint density at radius 2 is 1.92 bits per heavy atom. The zero-order valence-corrected chi connectivity index (χ0v) is 7.49. The third kappa shape index (κ3) is 1.95. The number of aliphatic hydroxyl groups excluding tert-OH is 1. The van der Waals surface area contributed by atoms with E-state index in [4.69, 9.17) is 0 Å². The topological polar surface area (TPSA) is 20.2 Å². The third-order valence-corrected chi connectivity index (χ3v) is 2.00. The van der Waals surface area contributed by atoms with Crippen molar-refractivity contribution in [2.75, 3.05) is 0 Å². The molecule has 0 saturated heterocycles. The summed E-state index contributed by atoms with van der Waals surface area (Å²) in [6.07, 6.45) is 1.48. The lowest BCUT2D eigenvalue weighted by Crippen LogP contribution is -1.97. The van der Waals surface area contributed by atoms with Crippen LogP contribution in [0.3, 0.4) is 0 Å². The minimum atomic E-state index is -0.448. The Balaban J connectivity index is 2.86. The molecule has 0 aliphatic carbocycles. The SMILES string of the molecule is C/C=C(/C)C(O)c1ccccc1. The van der Waals surface area contributed by atoms with Gasteiger partial charge < -0.3 is 5.11 Å². The van der Waals surface area contributed by atoms with Crippen LogP contribution in [-0.4, -0.2) is 5.11 Å². The highest BCUT2D eigenvalue weighted by molar-refractivity contribution is 5.24. The Hall–Kier alpha value is -1.08. The number of hydrogen-bond acceptors (Lipinski definition) is 1. The molecule has 1 aromatic rings. The van der Waals surface area contributed by atoms with Gasteiger partial charge in [0.1, 0.15) is 0 Å². The van der Waals surface area contributed by atoms with Crippen LogP contribution in [0, 0.1) is 0 Å². The first-order chi connectivity index (χ1) is 5.75. The van der Waals surface area contributed by atoms with Crippen LogP contribution in [0.2, 0.25) is 0 Å². The Bertz CT molecular complexity index is 262. The maximum Gasteiger partial charge on any atom is 0.0998 e. The number of rotatable bonds is 2. The molecule has 0 bridgehead atoms. The quantitative estimate of drug-likeness (QED) is 0.663. The van der Waals surface area contributed by atoms with Crippen molar-refractivity contribution in [2.24, 2.45) is 0 Å². The van der Waals surface area contributed by atoms with Gasteiger partial charge in [-0.3, -0.25) is 0 Å². The average molecular weight is 162 g/mol. The molecule has 1 heteroatoms. The summed E-state index contributed by atoms with van der Waals surface area (Å²) in [5.74, 6) is 0.